The zero-order valence-corrected chi connectivity index (χ0v) is 19.1. The molecule has 156 valence electrons. The van der Waals surface area contributed by atoms with E-state index in [1.807, 2.05) is 31.3 Å². The number of carbonyl (C=O) groups is 1. The van der Waals surface area contributed by atoms with Gasteiger partial charge in [-0.2, -0.15) is 0 Å². The van der Waals surface area contributed by atoms with E-state index in [9.17, 15) is 4.79 Å². The molecule has 0 aromatic heterocycles. The van der Waals surface area contributed by atoms with Gasteiger partial charge in [0.15, 0.2) is 5.96 Å². The third kappa shape index (κ3) is 4.94. The van der Waals surface area contributed by atoms with Crippen LogP contribution in [0.5, 0.6) is 5.75 Å². The van der Waals surface area contributed by atoms with Crippen molar-refractivity contribution in [3.05, 3.63) is 42.5 Å². The van der Waals surface area contributed by atoms with Gasteiger partial charge in [-0.3, -0.25) is 9.79 Å². The Labute approximate surface area is 189 Å². The standard InChI is InChI=1S/C22H28N4O2.HI/c1-23-21(26-12-5-10-22(16-26)14-20(27)25-15-22)24-11-13-28-19-9-4-7-17-6-2-3-8-18(17)19;/h2-4,6-9H,5,10-16H2,1H3,(H,23,24)(H,25,27);1H. The van der Waals surface area contributed by atoms with Crippen LogP contribution in [-0.2, 0) is 4.79 Å². The first-order chi connectivity index (χ1) is 13.7. The summed E-state index contributed by atoms with van der Waals surface area (Å²) >= 11 is 0. The molecule has 2 N–H and O–H groups in total. The molecule has 2 saturated heterocycles. The molecule has 7 heteroatoms. The van der Waals surface area contributed by atoms with Crippen molar-refractivity contribution >= 4 is 46.6 Å². The Bertz CT molecular complexity index is 883. The summed E-state index contributed by atoms with van der Waals surface area (Å²) in [5.74, 6) is 1.97. The summed E-state index contributed by atoms with van der Waals surface area (Å²) in [6.45, 7) is 3.86. The van der Waals surface area contributed by atoms with Crippen LogP contribution in [0.4, 0.5) is 0 Å². The minimum Gasteiger partial charge on any atom is -0.491 e. The highest BCUT2D eigenvalue weighted by atomic mass is 127. The van der Waals surface area contributed by atoms with E-state index >= 15 is 0 Å². The molecule has 2 heterocycles. The number of aliphatic imine (C=N–C) groups is 1. The predicted molar refractivity (Wildman–Crippen MR) is 127 cm³/mol. The second-order valence-corrected chi connectivity index (χ2v) is 7.78. The van der Waals surface area contributed by atoms with Crippen molar-refractivity contribution in [1.82, 2.24) is 15.5 Å². The van der Waals surface area contributed by atoms with E-state index in [0.29, 0.717) is 19.6 Å². The Balaban J connectivity index is 0.00000240. The third-order valence-electron chi connectivity index (χ3n) is 5.76. The zero-order chi connectivity index (χ0) is 19.4. The van der Waals surface area contributed by atoms with Crippen molar-refractivity contribution in [3.63, 3.8) is 0 Å². The largest absolute Gasteiger partial charge is 0.491 e. The molecule has 2 aromatic rings. The molecule has 6 nitrogen and oxygen atoms in total. The van der Waals surface area contributed by atoms with Crippen molar-refractivity contribution in [2.45, 2.75) is 19.3 Å². The molecule has 0 radical (unpaired) electrons. The Hall–Kier alpha value is -2.03. The third-order valence-corrected chi connectivity index (χ3v) is 5.76. The number of hydrogen-bond donors (Lipinski definition) is 2. The van der Waals surface area contributed by atoms with Gasteiger partial charge >= 0.3 is 0 Å². The maximum atomic E-state index is 11.7. The number of fused-ring (bicyclic) bond motifs is 1. The molecule has 2 aliphatic heterocycles. The van der Waals surface area contributed by atoms with Crippen LogP contribution < -0.4 is 15.4 Å². The second-order valence-electron chi connectivity index (χ2n) is 7.78. The van der Waals surface area contributed by atoms with Crippen LogP contribution in [0, 0.1) is 5.41 Å². The predicted octanol–water partition coefficient (Wildman–Crippen LogP) is 3.01. The molecule has 4 rings (SSSR count). The number of carbonyl (C=O) groups excluding carboxylic acids is 1. The normalized spacial score (nSPS) is 21.8. The Morgan fingerprint density at radius 1 is 1.28 bits per heavy atom. The van der Waals surface area contributed by atoms with Gasteiger partial charge < -0.3 is 20.3 Å². The molecule has 1 amide bonds. The number of guanidine groups is 1. The lowest BCUT2D eigenvalue weighted by Crippen LogP contribution is -2.51. The van der Waals surface area contributed by atoms with Crippen LogP contribution in [0.15, 0.2) is 47.5 Å². The minimum absolute atomic E-state index is 0. The lowest BCUT2D eigenvalue weighted by molar-refractivity contribution is -0.119. The van der Waals surface area contributed by atoms with E-state index in [1.165, 1.54) is 5.39 Å². The quantitative estimate of drug-likeness (QED) is 0.289. The fraction of sp³-hybridized carbons (Fsp3) is 0.455. The number of piperidine rings is 1. The van der Waals surface area contributed by atoms with Gasteiger partial charge in [0.2, 0.25) is 5.91 Å². The SMILES string of the molecule is CN=C(NCCOc1cccc2ccccc12)N1CCCC2(CNC(=O)C2)C1.I. The smallest absolute Gasteiger partial charge is 0.220 e. The number of ether oxygens (including phenoxy) is 1. The molecule has 29 heavy (non-hydrogen) atoms. The lowest BCUT2D eigenvalue weighted by atomic mass is 9.79. The first kappa shape index (κ1) is 21.7. The Morgan fingerprint density at radius 3 is 2.90 bits per heavy atom. The number of halogens is 1. The highest BCUT2D eigenvalue weighted by molar-refractivity contribution is 14.0. The van der Waals surface area contributed by atoms with E-state index in [-0.39, 0.29) is 35.3 Å². The number of amides is 1. The molecular weight excluding hydrogens is 479 g/mol. The molecule has 0 bridgehead atoms. The van der Waals surface area contributed by atoms with Crippen LogP contribution >= 0.6 is 24.0 Å². The Kier molecular flexibility index (Phi) is 7.21. The van der Waals surface area contributed by atoms with Gasteiger partial charge in [0.25, 0.3) is 0 Å². The number of likely N-dealkylation sites (tertiary alicyclic amines) is 1. The minimum atomic E-state index is 0. The molecule has 0 aliphatic carbocycles. The lowest BCUT2D eigenvalue weighted by Gasteiger charge is -2.40. The van der Waals surface area contributed by atoms with Crippen LogP contribution in [0.2, 0.25) is 0 Å². The van der Waals surface area contributed by atoms with E-state index in [4.69, 9.17) is 4.74 Å². The Morgan fingerprint density at radius 2 is 2.10 bits per heavy atom. The van der Waals surface area contributed by atoms with Gasteiger partial charge in [0.05, 0.1) is 6.54 Å². The molecule has 1 spiro atoms. The first-order valence-corrected chi connectivity index (χ1v) is 10.0. The topological polar surface area (TPSA) is 66.0 Å². The summed E-state index contributed by atoms with van der Waals surface area (Å²) in [5, 5.41) is 8.73. The highest BCUT2D eigenvalue weighted by Gasteiger charge is 2.42. The van der Waals surface area contributed by atoms with E-state index in [1.54, 1.807) is 0 Å². The number of hydrogen-bond acceptors (Lipinski definition) is 3. The molecule has 2 aromatic carbocycles. The van der Waals surface area contributed by atoms with Crippen molar-refractivity contribution in [1.29, 1.82) is 0 Å². The maximum absolute atomic E-state index is 11.7. The summed E-state index contributed by atoms with van der Waals surface area (Å²) in [6, 6.07) is 14.4. The fourth-order valence-corrected chi connectivity index (χ4v) is 4.41. The summed E-state index contributed by atoms with van der Waals surface area (Å²) in [7, 11) is 1.81. The van der Waals surface area contributed by atoms with E-state index in [0.717, 1.165) is 49.6 Å². The van der Waals surface area contributed by atoms with Crippen LogP contribution in [0.1, 0.15) is 19.3 Å². The van der Waals surface area contributed by atoms with Crippen molar-refractivity contribution in [2.24, 2.45) is 10.4 Å². The van der Waals surface area contributed by atoms with Gasteiger partial charge in [-0.05, 0) is 24.3 Å². The summed E-state index contributed by atoms with van der Waals surface area (Å²) in [6.07, 6.45) is 2.82. The van der Waals surface area contributed by atoms with Gasteiger partial charge in [-0.15, -0.1) is 24.0 Å². The molecule has 2 aliphatic rings. The van der Waals surface area contributed by atoms with Gasteiger partial charge in [0, 0.05) is 43.9 Å². The summed E-state index contributed by atoms with van der Waals surface area (Å²) in [5.41, 5.74) is 0.0619. The number of rotatable bonds is 4. The zero-order valence-electron chi connectivity index (χ0n) is 16.8. The highest BCUT2D eigenvalue weighted by Crippen LogP contribution is 2.36. The first-order valence-electron chi connectivity index (χ1n) is 10.0. The second kappa shape index (κ2) is 9.65. The van der Waals surface area contributed by atoms with Crippen molar-refractivity contribution < 1.29 is 9.53 Å². The van der Waals surface area contributed by atoms with Crippen LogP contribution in [0.25, 0.3) is 10.8 Å². The van der Waals surface area contributed by atoms with Crippen LogP contribution in [0.3, 0.4) is 0 Å². The number of nitrogens with zero attached hydrogens (tertiary/aromatic N) is 2. The molecule has 2 fully saturated rings. The molecule has 1 unspecified atom stereocenters. The molecule has 0 saturated carbocycles. The number of nitrogens with one attached hydrogen (secondary N) is 2. The van der Waals surface area contributed by atoms with Crippen molar-refractivity contribution in [2.75, 3.05) is 39.8 Å². The van der Waals surface area contributed by atoms with E-state index in [2.05, 4.69) is 38.7 Å². The molecule has 1 atom stereocenters. The van der Waals surface area contributed by atoms with Crippen LogP contribution in [-0.4, -0.2) is 56.6 Å². The van der Waals surface area contributed by atoms with Gasteiger partial charge in [-0.1, -0.05) is 36.4 Å². The molecular formula is C22H29IN4O2. The average Bonchev–Trinajstić information content (AvgIpc) is 3.07. The number of benzene rings is 2. The fourth-order valence-electron chi connectivity index (χ4n) is 4.41. The summed E-state index contributed by atoms with van der Waals surface area (Å²) in [4.78, 5) is 18.4. The average molecular weight is 508 g/mol. The van der Waals surface area contributed by atoms with E-state index < -0.39 is 0 Å². The maximum Gasteiger partial charge on any atom is 0.220 e. The van der Waals surface area contributed by atoms with Gasteiger partial charge in [0.1, 0.15) is 12.4 Å². The van der Waals surface area contributed by atoms with Gasteiger partial charge in [-0.25, -0.2) is 0 Å². The monoisotopic (exact) mass is 508 g/mol. The van der Waals surface area contributed by atoms with Crippen molar-refractivity contribution in [3.8, 4) is 5.75 Å². The summed E-state index contributed by atoms with van der Waals surface area (Å²) < 4.78 is 6.02.